The zero-order valence-corrected chi connectivity index (χ0v) is 15.2. The van der Waals surface area contributed by atoms with E-state index in [-0.39, 0.29) is 10.9 Å². The van der Waals surface area contributed by atoms with Gasteiger partial charge in [0.2, 0.25) is 10.0 Å². The highest BCUT2D eigenvalue weighted by Crippen LogP contribution is 2.19. The molecule has 5 nitrogen and oxygen atoms in total. The van der Waals surface area contributed by atoms with Crippen LogP contribution < -0.4 is 4.72 Å². The zero-order chi connectivity index (χ0) is 16.3. The summed E-state index contributed by atoms with van der Waals surface area (Å²) in [5.41, 5.74) is 1.06. The lowest BCUT2D eigenvalue weighted by molar-refractivity contribution is 0.289. The van der Waals surface area contributed by atoms with Gasteiger partial charge in [-0.15, -0.1) is 0 Å². The van der Waals surface area contributed by atoms with Crippen LogP contribution >= 0.6 is 15.9 Å². The van der Waals surface area contributed by atoms with Crippen molar-refractivity contribution in [3.05, 3.63) is 52.8 Å². The summed E-state index contributed by atoms with van der Waals surface area (Å²) in [5, 5.41) is 0. The molecule has 0 aliphatic carbocycles. The van der Waals surface area contributed by atoms with Gasteiger partial charge >= 0.3 is 0 Å². The molecule has 1 N–H and O–H groups in total. The number of nitrogens with one attached hydrogen (secondary N) is 1. The molecule has 0 spiro atoms. The number of benzene rings is 1. The van der Waals surface area contributed by atoms with Crippen LogP contribution in [0.1, 0.15) is 11.7 Å². The average molecular weight is 386 g/mol. The Morgan fingerprint density at radius 3 is 2.36 bits per heavy atom. The maximum Gasteiger partial charge on any atom is 0.240 e. The number of aromatic nitrogens is 1. The molecular weight excluding hydrogens is 366 g/mol. The Morgan fingerprint density at radius 2 is 1.86 bits per heavy atom. The molecule has 1 heterocycles. The van der Waals surface area contributed by atoms with Gasteiger partial charge in [-0.25, -0.2) is 13.1 Å². The molecule has 22 heavy (non-hydrogen) atoms. The number of rotatable bonds is 6. The molecule has 0 fully saturated rings. The third-order valence-electron chi connectivity index (χ3n) is 3.54. The lowest BCUT2D eigenvalue weighted by Crippen LogP contribution is -2.35. The van der Waals surface area contributed by atoms with E-state index in [0.717, 1.165) is 10.2 Å². The van der Waals surface area contributed by atoms with Crippen LogP contribution in [0.3, 0.4) is 0 Å². The number of likely N-dealkylation sites (N-methyl/N-ethyl adjacent to an activating group) is 1. The fourth-order valence-electron chi connectivity index (χ4n) is 2.26. The van der Waals surface area contributed by atoms with Gasteiger partial charge in [-0.2, -0.15) is 0 Å². The Bertz CT molecular complexity index is 724. The van der Waals surface area contributed by atoms with Crippen molar-refractivity contribution in [3.63, 3.8) is 0 Å². The van der Waals surface area contributed by atoms with Crippen molar-refractivity contribution < 1.29 is 8.42 Å². The lowest BCUT2D eigenvalue weighted by atomic mass is 10.2. The molecule has 1 unspecified atom stereocenters. The average Bonchev–Trinajstić information content (AvgIpc) is 2.85. The van der Waals surface area contributed by atoms with Crippen molar-refractivity contribution in [1.29, 1.82) is 0 Å². The standard InChI is InChI=1S/C15H20BrN3O2S/c1-18(2)15(14-5-4-10-19(14)3)11-17-22(20,21)13-8-6-12(16)7-9-13/h4-10,15,17H,11H2,1-3H3. The first-order chi connectivity index (χ1) is 10.3. The first-order valence-corrected chi connectivity index (χ1v) is 9.12. The molecule has 0 aliphatic heterocycles. The van der Waals surface area contributed by atoms with Gasteiger partial charge in [-0.1, -0.05) is 15.9 Å². The van der Waals surface area contributed by atoms with Gasteiger partial charge in [0, 0.05) is 30.0 Å². The number of hydrogen-bond acceptors (Lipinski definition) is 3. The van der Waals surface area contributed by atoms with Crippen molar-refractivity contribution in [3.8, 4) is 0 Å². The van der Waals surface area contributed by atoms with E-state index in [0.29, 0.717) is 6.54 Å². The van der Waals surface area contributed by atoms with E-state index in [9.17, 15) is 8.42 Å². The normalized spacial score (nSPS) is 13.5. The van der Waals surface area contributed by atoms with Crippen molar-refractivity contribution in [2.24, 2.45) is 7.05 Å². The van der Waals surface area contributed by atoms with Crippen LogP contribution in [0.25, 0.3) is 0 Å². The molecule has 0 radical (unpaired) electrons. The van der Waals surface area contributed by atoms with Gasteiger partial charge in [0.25, 0.3) is 0 Å². The van der Waals surface area contributed by atoms with Crippen LogP contribution in [0.5, 0.6) is 0 Å². The van der Waals surface area contributed by atoms with Crippen LogP contribution in [0.4, 0.5) is 0 Å². The molecule has 0 saturated carbocycles. The second-order valence-electron chi connectivity index (χ2n) is 5.33. The van der Waals surface area contributed by atoms with Gasteiger partial charge in [0.15, 0.2) is 0 Å². The van der Waals surface area contributed by atoms with Crippen LogP contribution in [0.15, 0.2) is 52.0 Å². The summed E-state index contributed by atoms with van der Waals surface area (Å²) in [7, 11) is 2.31. The topological polar surface area (TPSA) is 54.3 Å². The summed E-state index contributed by atoms with van der Waals surface area (Å²) in [6.45, 7) is 0.309. The first-order valence-electron chi connectivity index (χ1n) is 6.84. The Kier molecular flexibility index (Phi) is 5.44. The van der Waals surface area contributed by atoms with Crippen LogP contribution in [0, 0.1) is 0 Å². The van der Waals surface area contributed by atoms with E-state index in [1.54, 1.807) is 24.3 Å². The Hall–Kier alpha value is -1.15. The Balaban J connectivity index is 2.15. The summed E-state index contributed by atoms with van der Waals surface area (Å²) >= 11 is 3.30. The Labute approximate surface area is 140 Å². The molecule has 7 heteroatoms. The molecule has 2 aromatic rings. The van der Waals surface area contributed by atoms with Crippen molar-refractivity contribution in [1.82, 2.24) is 14.2 Å². The molecule has 0 amide bonds. The summed E-state index contributed by atoms with van der Waals surface area (Å²) < 4.78 is 30.3. The van der Waals surface area contributed by atoms with Gasteiger partial charge in [0.05, 0.1) is 10.9 Å². The predicted octanol–water partition coefficient (Wildman–Crippen LogP) is 2.37. The lowest BCUT2D eigenvalue weighted by Gasteiger charge is -2.25. The molecule has 120 valence electrons. The van der Waals surface area contributed by atoms with E-state index in [1.807, 2.05) is 48.9 Å². The van der Waals surface area contributed by atoms with Gasteiger partial charge < -0.3 is 4.57 Å². The van der Waals surface area contributed by atoms with E-state index < -0.39 is 10.0 Å². The van der Waals surface area contributed by atoms with Crippen molar-refractivity contribution in [2.75, 3.05) is 20.6 Å². The maximum atomic E-state index is 12.4. The number of nitrogens with zero attached hydrogens (tertiary/aromatic N) is 2. The fraction of sp³-hybridized carbons (Fsp3) is 0.333. The smallest absolute Gasteiger partial charge is 0.240 e. The third kappa shape index (κ3) is 3.98. The first kappa shape index (κ1) is 17.2. The second kappa shape index (κ2) is 6.95. The minimum atomic E-state index is -3.52. The highest BCUT2D eigenvalue weighted by Gasteiger charge is 2.21. The molecule has 1 aromatic heterocycles. The number of sulfonamides is 1. The Morgan fingerprint density at radius 1 is 1.23 bits per heavy atom. The predicted molar refractivity (Wildman–Crippen MR) is 91.2 cm³/mol. The summed E-state index contributed by atoms with van der Waals surface area (Å²) in [5.74, 6) is 0. The fourth-order valence-corrected chi connectivity index (χ4v) is 3.56. The molecule has 2 rings (SSSR count). The highest BCUT2D eigenvalue weighted by molar-refractivity contribution is 9.10. The SMILES string of the molecule is CN(C)C(CNS(=O)(=O)c1ccc(Br)cc1)c1cccn1C. The quantitative estimate of drug-likeness (QED) is 0.830. The van der Waals surface area contributed by atoms with E-state index in [1.165, 1.54) is 0 Å². The molecular formula is C15H20BrN3O2S. The van der Waals surface area contributed by atoms with Crippen LogP contribution in [-0.2, 0) is 17.1 Å². The minimum absolute atomic E-state index is 0.0368. The molecule has 0 saturated heterocycles. The van der Waals surface area contributed by atoms with Crippen molar-refractivity contribution >= 4 is 26.0 Å². The van der Waals surface area contributed by atoms with Gasteiger partial charge in [0.1, 0.15) is 0 Å². The molecule has 0 aliphatic rings. The molecule has 0 bridgehead atoms. The summed E-state index contributed by atoms with van der Waals surface area (Å²) in [6, 6.07) is 10.5. The van der Waals surface area contributed by atoms with Gasteiger partial charge in [-0.3, -0.25) is 4.90 Å². The second-order valence-corrected chi connectivity index (χ2v) is 8.01. The minimum Gasteiger partial charge on any atom is -0.353 e. The highest BCUT2D eigenvalue weighted by atomic mass is 79.9. The van der Waals surface area contributed by atoms with E-state index in [4.69, 9.17) is 0 Å². The van der Waals surface area contributed by atoms with Crippen LogP contribution in [0.2, 0.25) is 0 Å². The zero-order valence-electron chi connectivity index (χ0n) is 12.8. The van der Waals surface area contributed by atoms with Gasteiger partial charge in [-0.05, 0) is 50.5 Å². The van der Waals surface area contributed by atoms with E-state index >= 15 is 0 Å². The number of aryl methyl sites for hydroxylation is 1. The summed E-state index contributed by atoms with van der Waals surface area (Å²) in [4.78, 5) is 2.26. The third-order valence-corrected chi connectivity index (χ3v) is 5.51. The largest absolute Gasteiger partial charge is 0.353 e. The van der Waals surface area contributed by atoms with Crippen molar-refractivity contribution in [2.45, 2.75) is 10.9 Å². The maximum absolute atomic E-state index is 12.4. The molecule has 1 aromatic carbocycles. The summed E-state index contributed by atoms with van der Waals surface area (Å²) in [6.07, 6.45) is 1.95. The number of halogens is 1. The van der Waals surface area contributed by atoms with E-state index in [2.05, 4.69) is 20.7 Å². The number of hydrogen-bond donors (Lipinski definition) is 1. The monoisotopic (exact) mass is 385 g/mol. The van der Waals surface area contributed by atoms with Crippen LogP contribution in [-0.4, -0.2) is 38.5 Å². The molecule has 1 atom stereocenters.